The molecule has 2 aromatic heterocycles. The van der Waals surface area contributed by atoms with E-state index in [-0.39, 0.29) is 11.8 Å². The highest BCUT2D eigenvalue weighted by molar-refractivity contribution is 6.30. The Kier molecular flexibility index (Phi) is 5.78. The van der Waals surface area contributed by atoms with Crippen molar-refractivity contribution in [3.05, 3.63) is 58.7 Å². The van der Waals surface area contributed by atoms with Crippen LogP contribution in [0.25, 0.3) is 11.0 Å². The molecule has 0 spiro atoms. The first kappa shape index (κ1) is 21.5. The molecule has 0 saturated carbocycles. The maximum atomic E-state index is 9.53. The van der Waals surface area contributed by atoms with Gasteiger partial charge in [-0.25, -0.2) is 9.67 Å². The van der Waals surface area contributed by atoms with Crippen molar-refractivity contribution < 1.29 is 9.84 Å². The molecular weight excluding hydrogens is 440 g/mol. The van der Waals surface area contributed by atoms with Gasteiger partial charge in [0, 0.05) is 35.8 Å². The number of aryl methyl sites for hydroxylation is 2. The Labute approximate surface area is 196 Å². The lowest BCUT2D eigenvalue weighted by Crippen LogP contribution is -2.21. The Hall–Kier alpha value is -3.36. The third kappa shape index (κ3) is 4.44. The number of halogens is 1. The second kappa shape index (κ2) is 8.88. The van der Waals surface area contributed by atoms with Crippen LogP contribution in [0.2, 0.25) is 5.02 Å². The number of aromatic hydroxyl groups is 1. The minimum atomic E-state index is 0.195. The maximum Gasteiger partial charge on any atom is 0.229 e. The molecule has 33 heavy (non-hydrogen) atoms. The first-order valence-corrected chi connectivity index (χ1v) is 11.3. The zero-order chi connectivity index (χ0) is 22.9. The molecule has 9 heteroatoms. The fraction of sp³-hybridized carbons (Fsp3) is 0.292. The molecule has 3 N–H and O–H groups in total. The van der Waals surface area contributed by atoms with E-state index in [0.717, 1.165) is 46.4 Å². The quantitative estimate of drug-likeness (QED) is 0.329. The smallest absolute Gasteiger partial charge is 0.229 e. The molecule has 0 aliphatic carbocycles. The fourth-order valence-corrected chi connectivity index (χ4v) is 4.49. The van der Waals surface area contributed by atoms with Crippen molar-refractivity contribution in [3.8, 4) is 5.75 Å². The van der Waals surface area contributed by atoms with E-state index < -0.39 is 0 Å². The fourth-order valence-electron chi connectivity index (χ4n) is 4.16. The summed E-state index contributed by atoms with van der Waals surface area (Å²) in [4.78, 5) is 9.32. The molecule has 1 fully saturated rings. The van der Waals surface area contributed by atoms with Crippen molar-refractivity contribution in [1.29, 1.82) is 0 Å². The number of anilines is 4. The molecule has 170 valence electrons. The van der Waals surface area contributed by atoms with Crippen molar-refractivity contribution in [2.75, 3.05) is 23.8 Å². The van der Waals surface area contributed by atoms with Gasteiger partial charge in [0.1, 0.15) is 5.75 Å². The van der Waals surface area contributed by atoms with Gasteiger partial charge in [-0.3, -0.25) is 0 Å². The number of phenolic OH excluding ortho intramolecular Hbond substituents is 1. The average Bonchev–Trinajstić information content (AvgIpc) is 3.16. The van der Waals surface area contributed by atoms with Crippen LogP contribution in [0.4, 0.5) is 23.1 Å². The third-order valence-corrected chi connectivity index (χ3v) is 6.07. The summed E-state index contributed by atoms with van der Waals surface area (Å²) in [6, 6.07) is 10.9. The van der Waals surface area contributed by atoms with Crippen LogP contribution in [0, 0.1) is 13.8 Å². The molecule has 5 rings (SSSR count). The predicted molar refractivity (Wildman–Crippen MR) is 130 cm³/mol. The van der Waals surface area contributed by atoms with Gasteiger partial charge in [0.25, 0.3) is 0 Å². The largest absolute Gasteiger partial charge is 0.508 e. The number of aromatic nitrogens is 4. The SMILES string of the molecule is Cc1cc(Cl)cc(C)c1Nc1nn(C2CCOCC2)c2nc(Nc3ccc(O)cc3)ncc12. The monoisotopic (exact) mass is 464 g/mol. The molecule has 0 radical (unpaired) electrons. The lowest BCUT2D eigenvalue weighted by atomic mass is 10.1. The summed E-state index contributed by atoms with van der Waals surface area (Å²) < 4.78 is 7.55. The van der Waals surface area contributed by atoms with E-state index in [1.807, 2.05) is 30.7 Å². The molecule has 0 unspecified atom stereocenters. The highest BCUT2D eigenvalue weighted by Crippen LogP contribution is 2.33. The molecular formula is C24H25ClN6O2. The summed E-state index contributed by atoms with van der Waals surface area (Å²) in [6.07, 6.45) is 3.54. The van der Waals surface area contributed by atoms with E-state index in [0.29, 0.717) is 30.0 Å². The van der Waals surface area contributed by atoms with Gasteiger partial charge in [0.05, 0.1) is 11.4 Å². The summed E-state index contributed by atoms with van der Waals surface area (Å²) in [5, 5.41) is 22.7. The van der Waals surface area contributed by atoms with Gasteiger partial charge in [0.2, 0.25) is 5.95 Å². The van der Waals surface area contributed by atoms with Crippen LogP contribution in [0.15, 0.2) is 42.6 Å². The Balaban J connectivity index is 1.56. The van der Waals surface area contributed by atoms with Gasteiger partial charge in [-0.05, 0) is 74.2 Å². The molecule has 4 aromatic rings. The number of hydrogen-bond acceptors (Lipinski definition) is 7. The normalized spacial score (nSPS) is 14.5. The van der Waals surface area contributed by atoms with E-state index in [2.05, 4.69) is 15.6 Å². The summed E-state index contributed by atoms with van der Waals surface area (Å²) in [6.45, 7) is 5.45. The zero-order valence-electron chi connectivity index (χ0n) is 18.5. The van der Waals surface area contributed by atoms with Crippen LogP contribution in [0.3, 0.4) is 0 Å². The number of phenols is 1. The van der Waals surface area contributed by atoms with E-state index in [1.165, 1.54) is 0 Å². The second-order valence-electron chi connectivity index (χ2n) is 8.28. The zero-order valence-corrected chi connectivity index (χ0v) is 19.2. The Morgan fingerprint density at radius 1 is 1.06 bits per heavy atom. The first-order valence-electron chi connectivity index (χ1n) is 10.9. The van der Waals surface area contributed by atoms with Crippen molar-refractivity contribution in [2.24, 2.45) is 0 Å². The minimum absolute atomic E-state index is 0.195. The molecule has 2 aromatic carbocycles. The highest BCUT2D eigenvalue weighted by Gasteiger charge is 2.23. The number of fused-ring (bicyclic) bond motifs is 1. The summed E-state index contributed by atoms with van der Waals surface area (Å²) >= 11 is 6.22. The van der Waals surface area contributed by atoms with Gasteiger partial charge in [-0.2, -0.15) is 10.1 Å². The molecule has 0 atom stereocenters. The van der Waals surface area contributed by atoms with Gasteiger partial charge >= 0.3 is 0 Å². The Morgan fingerprint density at radius 2 is 1.76 bits per heavy atom. The summed E-state index contributed by atoms with van der Waals surface area (Å²) in [7, 11) is 0. The van der Waals surface area contributed by atoms with Crippen LogP contribution < -0.4 is 10.6 Å². The van der Waals surface area contributed by atoms with Crippen LogP contribution >= 0.6 is 11.6 Å². The van der Waals surface area contributed by atoms with Crippen LogP contribution in [0.5, 0.6) is 5.75 Å². The molecule has 3 heterocycles. The average molecular weight is 465 g/mol. The van der Waals surface area contributed by atoms with Crippen molar-refractivity contribution in [3.63, 3.8) is 0 Å². The van der Waals surface area contributed by atoms with E-state index in [1.54, 1.807) is 30.5 Å². The van der Waals surface area contributed by atoms with Crippen molar-refractivity contribution >= 4 is 45.8 Å². The lowest BCUT2D eigenvalue weighted by Gasteiger charge is -2.22. The highest BCUT2D eigenvalue weighted by atomic mass is 35.5. The van der Waals surface area contributed by atoms with Crippen molar-refractivity contribution in [1.82, 2.24) is 19.7 Å². The van der Waals surface area contributed by atoms with Crippen LogP contribution in [0.1, 0.15) is 30.0 Å². The molecule has 1 aliphatic rings. The van der Waals surface area contributed by atoms with E-state index >= 15 is 0 Å². The van der Waals surface area contributed by atoms with Gasteiger partial charge in [-0.15, -0.1) is 0 Å². The number of nitrogens with one attached hydrogen (secondary N) is 2. The topological polar surface area (TPSA) is 97.1 Å². The molecule has 0 bridgehead atoms. The molecule has 1 saturated heterocycles. The van der Waals surface area contributed by atoms with Crippen molar-refractivity contribution in [2.45, 2.75) is 32.7 Å². The summed E-state index contributed by atoms with van der Waals surface area (Å²) in [5.74, 6) is 1.38. The van der Waals surface area contributed by atoms with Gasteiger partial charge in [0.15, 0.2) is 11.5 Å². The van der Waals surface area contributed by atoms with Crippen LogP contribution in [-0.4, -0.2) is 38.1 Å². The number of hydrogen-bond donors (Lipinski definition) is 3. The Morgan fingerprint density at radius 3 is 2.45 bits per heavy atom. The standard InChI is InChI=1S/C24H25ClN6O2/c1-14-11-16(25)12-15(2)21(14)28-22-20-13-26-24(27-17-3-5-19(32)6-4-17)29-23(20)31(30-22)18-7-9-33-10-8-18/h3-6,11-13,18,32H,7-10H2,1-2H3,(H,28,30)(H,26,27,29). The second-order valence-corrected chi connectivity index (χ2v) is 8.72. The van der Waals surface area contributed by atoms with Crippen LogP contribution in [-0.2, 0) is 4.74 Å². The Bertz CT molecular complexity index is 1280. The minimum Gasteiger partial charge on any atom is -0.508 e. The predicted octanol–water partition coefficient (Wildman–Crippen LogP) is 5.64. The van der Waals surface area contributed by atoms with Gasteiger partial charge < -0.3 is 20.5 Å². The third-order valence-electron chi connectivity index (χ3n) is 5.85. The van der Waals surface area contributed by atoms with Gasteiger partial charge in [-0.1, -0.05) is 11.6 Å². The first-order chi connectivity index (χ1) is 16.0. The van der Waals surface area contributed by atoms with E-state index in [9.17, 15) is 5.11 Å². The molecule has 1 aliphatic heterocycles. The summed E-state index contributed by atoms with van der Waals surface area (Å²) in [5.41, 5.74) is 4.60. The molecule has 8 nitrogen and oxygen atoms in total. The molecule has 0 amide bonds. The lowest BCUT2D eigenvalue weighted by molar-refractivity contribution is 0.0674. The van der Waals surface area contributed by atoms with E-state index in [4.69, 9.17) is 26.4 Å². The number of nitrogens with zero attached hydrogens (tertiary/aromatic N) is 4. The maximum absolute atomic E-state index is 9.53. The number of benzene rings is 2. The number of rotatable bonds is 5. The number of ether oxygens (including phenoxy) is 1.